The summed E-state index contributed by atoms with van der Waals surface area (Å²) in [5.41, 5.74) is -0.947. The van der Waals surface area contributed by atoms with Crippen LogP contribution in [-0.2, 0) is 22.0 Å². The number of aliphatic hydroxyl groups is 1. The Morgan fingerprint density at radius 2 is 2.00 bits per heavy atom. The number of pyridine rings is 1. The van der Waals surface area contributed by atoms with Gasteiger partial charge in [0.2, 0.25) is 0 Å². The zero-order valence-corrected chi connectivity index (χ0v) is 17.9. The number of sulfone groups is 1. The molecule has 0 atom stereocenters. The first-order valence-corrected chi connectivity index (χ1v) is 11.4. The summed E-state index contributed by atoms with van der Waals surface area (Å²) in [7, 11) is -3.17. The molecule has 2 N–H and O–H groups in total. The minimum atomic E-state index is -3.17. The molecular formula is C20H22F2N4O4S. The topological polar surface area (TPSA) is 114 Å². The summed E-state index contributed by atoms with van der Waals surface area (Å²) >= 11 is 0. The monoisotopic (exact) mass is 452 g/mol. The summed E-state index contributed by atoms with van der Waals surface area (Å²) in [4.78, 5) is 16.3. The molecule has 31 heavy (non-hydrogen) atoms. The van der Waals surface area contributed by atoms with Crippen molar-refractivity contribution in [1.29, 1.82) is 0 Å². The average molecular weight is 452 g/mol. The van der Waals surface area contributed by atoms with Gasteiger partial charge >= 0.3 is 0 Å². The predicted octanol–water partition coefficient (Wildman–Crippen LogP) is 2.89. The van der Waals surface area contributed by atoms with Crippen LogP contribution >= 0.6 is 0 Å². The molecular weight excluding hydrogens is 430 g/mol. The van der Waals surface area contributed by atoms with Crippen molar-refractivity contribution in [3.63, 3.8) is 0 Å². The summed E-state index contributed by atoms with van der Waals surface area (Å²) in [5, 5.41) is 18.1. The first-order valence-electron chi connectivity index (χ1n) is 9.32. The van der Waals surface area contributed by atoms with Gasteiger partial charge in [-0.15, -0.1) is 0 Å². The largest absolute Gasteiger partial charge is 0.386 e. The van der Waals surface area contributed by atoms with Gasteiger partial charge in [0.25, 0.3) is 12.3 Å². The Morgan fingerprint density at radius 1 is 1.29 bits per heavy atom. The Hall–Kier alpha value is -2.92. The Bertz CT molecular complexity index is 1230. The first kappa shape index (κ1) is 22.8. The second kappa shape index (κ2) is 8.31. The van der Waals surface area contributed by atoms with Crippen molar-refractivity contribution < 1.29 is 27.1 Å². The number of carbonyl (C=O) groups is 1. The van der Waals surface area contributed by atoms with Crippen LogP contribution in [-0.4, -0.2) is 46.2 Å². The van der Waals surface area contributed by atoms with Crippen LogP contribution in [0.15, 0.2) is 36.5 Å². The van der Waals surface area contributed by atoms with Crippen LogP contribution in [0.3, 0.4) is 0 Å². The molecule has 0 unspecified atom stereocenters. The number of amides is 1. The maximum atomic E-state index is 12.9. The molecule has 0 fully saturated rings. The molecule has 0 aliphatic carbocycles. The van der Waals surface area contributed by atoms with E-state index in [1.807, 2.05) is 0 Å². The van der Waals surface area contributed by atoms with Crippen LogP contribution in [0.1, 0.15) is 42.0 Å². The van der Waals surface area contributed by atoms with E-state index in [9.17, 15) is 27.1 Å². The van der Waals surface area contributed by atoms with Crippen molar-refractivity contribution in [2.24, 2.45) is 0 Å². The molecule has 2 heterocycles. The third kappa shape index (κ3) is 5.61. The van der Waals surface area contributed by atoms with Crippen molar-refractivity contribution in [3.8, 4) is 0 Å². The quantitative estimate of drug-likeness (QED) is 0.570. The molecule has 1 aromatic carbocycles. The van der Waals surface area contributed by atoms with E-state index >= 15 is 0 Å². The average Bonchev–Trinajstić information content (AvgIpc) is 3.06. The zero-order valence-electron chi connectivity index (χ0n) is 17.1. The number of anilines is 1. The molecule has 0 bridgehead atoms. The molecule has 0 saturated carbocycles. The fourth-order valence-electron chi connectivity index (χ4n) is 2.99. The van der Waals surface area contributed by atoms with E-state index in [4.69, 9.17) is 0 Å². The molecule has 0 aliphatic rings. The Labute approximate surface area is 177 Å². The highest BCUT2D eigenvalue weighted by molar-refractivity contribution is 7.90. The van der Waals surface area contributed by atoms with Crippen molar-refractivity contribution in [1.82, 2.24) is 14.8 Å². The van der Waals surface area contributed by atoms with Crippen molar-refractivity contribution in [3.05, 3.63) is 53.5 Å². The Morgan fingerprint density at radius 3 is 2.61 bits per heavy atom. The highest BCUT2D eigenvalue weighted by atomic mass is 32.2. The minimum absolute atomic E-state index is 0.0882. The minimum Gasteiger partial charge on any atom is -0.386 e. The number of nitrogens with zero attached hydrogens (tertiary/aromatic N) is 3. The molecule has 0 saturated heterocycles. The summed E-state index contributed by atoms with van der Waals surface area (Å²) < 4.78 is 50.1. The SMILES string of the molecule is CC(C)(O)c1cc2nn(CCS(C)(=O)=O)cc2cc1NC(=O)c1cccc(C(F)F)n1. The predicted molar refractivity (Wildman–Crippen MR) is 112 cm³/mol. The van der Waals surface area contributed by atoms with Crippen LogP contribution in [0.5, 0.6) is 0 Å². The summed E-state index contributed by atoms with van der Waals surface area (Å²) in [6.07, 6.45) is -0.0540. The van der Waals surface area contributed by atoms with Gasteiger partial charge in [0.1, 0.15) is 21.2 Å². The lowest BCUT2D eigenvalue weighted by molar-refractivity contribution is 0.0793. The van der Waals surface area contributed by atoms with E-state index in [1.54, 1.807) is 18.3 Å². The second-order valence-corrected chi connectivity index (χ2v) is 10.00. The van der Waals surface area contributed by atoms with Gasteiger partial charge in [0, 0.05) is 29.1 Å². The van der Waals surface area contributed by atoms with Crippen molar-refractivity contribution in [2.75, 3.05) is 17.3 Å². The highest BCUT2D eigenvalue weighted by Gasteiger charge is 2.24. The molecule has 0 radical (unpaired) electrons. The Kier molecular flexibility index (Phi) is 6.10. The number of carbonyl (C=O) groups excluding carboxylic acids is 1. The van der Waals surface area contributed by atoms with E-state index in [2.05, 4.69) is 15.4 Å². The standard InChI is InChI=1S/C20H22F2N4O4S/c1-20(2,28)13-10-16-12(11-26(25-16)7-8-31(3,29)30)9-17(13)24-19(27)15-6-4-5-14(23-15)18(21)22/h4-6,9-11,18,28H,7-8H2,1-3H3,(H,24,27). The van der Waals surface area contributed by atoms with E-state index in [0.717, 1.165) is 12.3 Å². The highest BCUT2D eigenvalue weighted by Crippen LogP contribution is 2.32. The van der Waals surface area contributed by atoms with Gasteiger partial charge < -0.3 is 10.4 Å². The van der Waals surface area contributed by atoms with Crippen LogP contribution in [0.25, 0.3) is 10.9 Å². The number of hydrogen-bond acceptors (Lipinski definition) is 6. The van der Waals surface area contributed by atoms with Gasteiger partial charge in [0.05, 0.1) is 23.4 Å². The van der Waals surface area contributed by atoms with Crippen LogP contribution in [0.2, 0.25) is 0 Å². The van der Waals surface area contributed by atoms with Crippen LogP contribution < -0.4 is 5.32 Å². The van der Waals surface area contributed by atoms with Gasteiger partial charge in [0.15, 0.2) is 0 Å². The maximum Gasteiger partial charge on any atom is 0.280 e. The van der Waals surface area contributed by atoms with Gasteiger partial charge in [-0.25, -0.2) is 22.2 Å². The number of nitrogens with one attached hydrogen (secondary N) is 1. The lowest BCUT2D eigenvalue weighted by Gasteiger charge is -2.22. The lowest BCUT2D eigenvalue weighted by atomic mass is 9.95. The Balaban J connectivity index is 1.97. The summed E-state index contributed by atoms with van der Waals surface area (Å²) in [6.45, 7) is 3.21. The number of benzene rings is 1. The summed E-state index contributed by atoms with van der Waals surface area (Å²) in [5.74, 6) is -0.799. The first-order chi connectivity index (χ1) is 14.3. The number of hydrogen-bond donors (Lipinski definition) is 2. The number of aryl methyl sites for hydroxylation is 1. The third-order valence-corrected chi connectivity index (χ3v) is 5.44. The van der Waals surface area contributed by atoms with Gasteiger partial charge in [-0.3, -0.25) is 9.48 Å². The van der Waals surface area contributed by atoms with Crippen LogP contribution in [0, 0.1) is 0 Å². The maximum absolute atomic E-state index is 12.9. The normalized spacial score (nSPS) is 12.5. The molecule has 3 rings (SSSR count). The molecule has 11 heteroatoms. The molecule has 2 aromatic heterocycles. The van der Waals surface area contributed by atoms with E-state index in [1.165, 1.54) is 30.7 Å². The van der Waals surface area contributed by atoms with Gasteiger partial charge in [-0.05, 0) is 38.1 Å². The number of alkyl halides is 2. The molecule has 0 spiro atoms. The smallest absolute Gasteiger partial charge is 0.280 e. The molecule has 3 aromatic rings. The molecule has 1 amide bonds. The second-order valence-electron chi connectivity index (χ2n) is 7.74. The number of rotatable bonds is 7. The van der Waals surface area contributed by atoms with E-state index in [0.29, 0.717) is 16.5 Å². The molecule has 0 aliphatic heterocycles. The zero-order chi connectivity index (χ0) is 23.0. The summed E-state index contributed by atoms with van der Waals surface area (Å²) in [6, 6.07) is 6.93. The van der Waals surface area contributed by atoms with E-state index in [-0.39, 0.29) is 23.7 Å². The van der Waals surface area contributed by atoms with Gasteiger partial charge in [-0.1, -0.05) is 6.07 Å². The number of halogens is 2. The fraction of sp³-hybridized carbons (Fsp3) is 0.350. The van der Waals surface area contributed by atoms with E-state index < -0.39 is 33.5 Å². The third-order valence-electron chi connectivity index (χ3n) is 4.52. The van der Waals surface area contributed by atoms with Crippen molar-refractivity contribution in [2.45, 2.75) is 32.4 Å². The van der Waals surface area contributed by atoms with Crippen molar-refractivity contribution >= 4 is 32.3 Å². The number of fused-ring (bicyclic) bond motifs is 1. The molecule has 166 valence electrons. The van der Waals surface area contributed by atoms with Crippen LogP contribution in [0.4, 0.5) is 14.5 Å². The number of aromatic nitrogens is 3. The van der Waals surface area contributed by atoms with Gasteiger partial charge in [-0.2, -0.15) is 5.10 Å². The fourth-order valence-corrected chi connectivity index (χ4v) is 3.51. The lowest BCUT2D eigenvalue weighted by Crippen LogP contribution is -2.21. The molecule has 8 nitrogen and oxygen atoms in total.